The maximum Gasteiger partial charge on any atom is 0.154 e. The molecule has 0 aromatic carbocycles. The van der Waals surface area contributed by atoms with Crippen LogP contribution in [-0.2, 0) is 19.7 Å². The largest absolute Gasteiger partial charge is 0.390 e. The van der Waals surface area contributed by atoms with Crippen LogP contribution in [0.2, 0.25) is 0 Å². The molecule has 16 heavy (non-hydrogen) atoms. The maximum atomic E-state index is 11.2. The summed E-state index contributed by atoms with van der Waals surface area (Å²) in [6, 6.07) is -0.749. The van der Waals surface area contributed by atoms with Crippen LogP contribution in [0.3, 0.4) is 0 Å². The van der Waals surface area contributed by atoms with E-state index in [9.17, 15) is 21.9 Å². The number of hydrogen-bond acceptors (Lipinski definition) is 6. The minimum absolute atomic E-state index is 0.0380. The van der Waals surface area contributed by atoms with Gasteiger partial charge in [-0.3, -0.25) is 0 Å². The highest BCUT2D eigenvalue weighted by Crippen LogP contribution is 2.17. The molecule has 2 heterocycles. The lowest BCUT2D eigenvalue weighted by Crippen LogP contribution is -2.45. The second-order valence-electron chi connectivity index (χ2n) is 4.52. The first-order chi connectivity index (χ1) is 7.27. The van der Waals surface area contributed by atoms with Gasteiger partial charge in [0.2, 0.25) is 0 Å². The van der Waals surface area contributed by atoms with Crippen LogP contribution >= 0.6 is 0 Å². The molecule has 2 aliphatic heterocycles. The standard InChI is InChI=1S/C8H15NO5S2/c10-8-5-16(13,14)4-7(8)9-6-1-2-15(11,12)3-6/h6-10H,1-5H2/t6-,7+,8-/m1/s1. The van der Waals surface area contributed by atoms with E-state index in [0.29, 0.717) is 6.42 Å². The summed E-state index contributed by atoms with van der Waals surface area (Å²) in [5, 5.41) is 12.5. The van der Waals surface area contributed by atoms with Crippen LogP contribution < -0.4 is 5.32 Å². The van der Waals surface area contributed by atoms with Gasteiger partial charge in [0.25, 0.3) is 0 Å². The molecular formula is C8H15NO5S2. The molecule has 0 unspecified atom stereocenters. The van der Waals surface area contributed by atoms with Gasteiger partial charge in [-0.2, -0.15) is 0 Å². The highest BCUT2D eigenvalue weighted by Gasteiger charge is 2.39. The predicted octanol–water partition coefficient (Wildman–Crippen LogP) is -2.08. The van der Waals surface area contributed by atoms with Crippen molar-refractivity contribution in [2.45, 2.75) is 24.6 Å². The lowest BCUT2D eigenvalue weighted by molar-refractivity contribution is 0.160. The van der Waals surface area contributed by atoms with Gasteiger partial charge in [0.15, 0.2) is 19.7 Å². The third-order valence-electron chi connectivity index (χ3n) is 3.00. The van der Waals surface area contributed by atoms with Crippen molar-refractivity contribution in [1.29, 1.82) is 0 Å². The Hall–Kier alpha value is -0.180. The van der Waals surface area contributed by atoms with E-state index in [0.717, 1.165) is 0 Å². The van der Waals surface area contributed by atoms with Crippen molar-refractivity contribution in [2.75, 3.05) is 23.0 Å². The van der Waals surface area contributed by atoms with E-state index in [4.69, 9.17) is 0 Å². The Labute approximate surface area is 94.9 Å². The number of aliphatic hydroxyl groups excluding tert-OH is 1. The fourth-order valence-corrected chi connectivity index (χ4v) is 5.66. The molecule has 0 bridgehead atoms. The molecule has 2 aliphatic rings. The van der Waals surface area contributed by atoms with Crippen LogP contribution in [0.5, 0.6) is 0 Å². The van der Waals surface area contributed by atoms with E-state index >= 15 is 0 Å². The smallest absolute Gasteiger partial charge is 0.154 e. The molecule has 0 aromatic heterocycles. The topological polar surface area (TPSA) is 101 Å². The summed E-state index contributed by atoms with van der Waals surface area (Å²) in [5.74, 6) is -0.161. The highest BCUT2D eigenvalue weighted by molar-refractivity contribution is 7.92. The average Bonchev–Trinajstić information content (AvgIpc) is 2.53. The Bertz CT molecular complexity index is 469. The van der Waals surface area contributed by atoms with Gasteiger partial charge in [-0.15, -0.1) is 0 Å². The monoisotopic (exact) mass is 269 g/mol. The molecular weight excluding hydrogens is 254 g/mol. The fourth-order valence-electron chi connectivity index (χ4n) is 2.22. The van der Waals surface area contributed by atoms with E-state index in [-0.39, 0.29) is 29.1 Å². The molecule has 2 N–H and O–H groups in total. The zero-order valence-corrected chi connectivity index (χ0v) is 10.3. The van der Waals surface area contributed by atoms with Gasteiger partial charge in [0.1, 0.15) is 0 Å². The molecule has 94 valence electrons. The van der Waals surface area contributed by atoms with Gasteiger partial charge in [-0.05, 0) is 6.42 Å². The van der Waals surface area contributed by atoms with Crippen LogP contribution in [0.1, 0.15) is 6.42 Å². The number of hydrogen-bond donors (Lipinski definition) is 2. The Kier molecular flexibility index (Phi) is 3.02. The summed E-state index contributed by atoms with van der Waals surface area (Å²) in [5.41, 5.74) is 0. The molecule has 8 heteroatoms. The lowest BCUT2D eigenvalue weighted by Gasteiger charge is -2.19. The number of rotatable bonds is 2. The zero-order chi connectivity index (χ0) is 12.0. The minimum Gasteiger partial charge on any atom is -0.390 e. The molecule has 0 radical (unpaired) electrons. The molecule has 0 aromatic rings. The molecule has 0 amide bonds. The number of aliphatic hydroxyl groups is 1. The van der Waals surface area contributed by atoms with E-state index in [1.54, 1.807) is 0 Å². The molecule has 0 spiro atoms. The van der Waals surface area contributed by atoms with E-state index in [1.807, 2.05) is 0 Å². The second kappa shape index (κ2) is 3.94. The normalized spacial score (nSPS) is 41.2. The van der Waals surface area contributed by atoms with Gasteiger partial charge in [-0.25, -0.2) is 16.8 Å². The Morgan fingerprint density at radius 3 is 2.12 bits per heavy atom. The summed E-state index contributed by atoms with van der Waals surface area (Å²) < 4.78 is 44.9. The summed E-state index contributed by atoms with van der Waals surface area (Å²) in [6.45, 7) is 0. The van der Waals surface area contributed by atoms with Crippen molar-refractivity contribution in [3.8, 4) is 0 Å². The van der Waals surface area contributed by atoms with Crippen molar-refractivity contribution in [3.63, 3.8) is 0 Å². The minimum atomic E-state index is -3.18. The van der Waals surface area contributed by atoms with E-state index < -0.39 is 31.8 Å². The first-order valence-corrected chi connectivity index (χ1v) is 8.77. The zero-order valence-electron chi connectivity index (χ0n) is 8.66. The first-order valence-electron chi connectivity index (χ1n) is 5.12. The summed E-state index contributed by atoms with van der Waals surface area (Å²) >= 11 is 0. The molecule has 6 nitrogen and oxygen atoms in total. The maximum absolute atomic E-state index is 11.2. The van der Waals surface area contributed by atoms with Gasteiger partial charge in [-0.1, -0.05) is 0 Å². The SMILES string of the molecule is O=S1(=O)CC[C@@H](N[C@H]2CS(=O)(=O)C[C@H]2O)C1. The Morgan fingerprint density at radius 1 is 1.00 bits per heavy atom. The second-order valence-corrected chi connectivity index (χ2v) is 8.90. The third-order valence-corrected chi connectivity index (χ3v) is 6.49. The third kappa shape index (κ3) is 2.73. The number of nitrogens with one attached hydrogen (secondary N) is 1. The van der Waals surface area contributed by atoms with Gasteiger partial charge in [0.05, 0.1) is 29.1 Å². The van der Waals surface area contributed by atoms with Crippen molar-refractivity contribution in [1.82, 2.24) is 5.32 Å². The van der Waals surface area contributed by atoms with Gasteiger partial charge < -0.3 is 10.4 Å². The van der Waals surface area contributed by atoms with Gasteiger partial charge >= 0.3 is 0 Å². The van der Waals surface area contributed by atoms with Crippen LogP contribution in [0, 0.1) is 0 Å². The summed E-state index contributed by atoms with van der Waals surface area (Å²) in [6.07, 6.45) is -0.431. The van der Waals surface area contributed by atoms with Crippen LogP contribution in [0.15, 0.2) is 0 Å². The van der Waals surface area contributed by atoms with Crippen molar-refractivity contribution in [3.05, 3.63) is 0 Å². The molecule has 2 rings (SSSR count). The van der Waals surface area contributed by atoms with Gasteiger partial charge in [0, 0.05) is 12.1 Å². The summed E-state index contributed by atoms with van der Waals surface area (Å²) in [4.78, 5) is 0. The van der Waals surface area contributed by atoms with E-state index in [2.05, 4.69) is 5.32 Å². The number of sulfone groups is 2. The molecule has 2 saturated heterocycles. The molecule has 2 fully saturated rings. The fraction of sp³-hybridized carbons (Fsp3) is 1.00. The van der Waals surface area contributed by atoms with Crippen LogP contribution in [0.4, 0.5) is 0 Å². The van der Waals surface area contributed by atoms with Crippen molar-refractivity contribution >= 4 is 19.7 Å². The van der Waals surface area contributed by atoms with Crippen LogP contribution in [-0.4, -0.2) is 63.1 Å². The highest BCUT2D eigenvalue weighted by atomic mass is 32.2. The summed E-state index contributed by atoms with van der Waals surface area (Å²) in [7, 11) is -6.15. The average molecular weight is 269 g/mol. The van der Waals surface area contributed by atoms with Crippen LogP contribution in [0.25, 0.3) is 0 Å². The molecule has 0 saturated carbocycles. The molecule has 0 aliphatic carbocycles. The van der Waals surface area contributed by atoms with Crippen molar-refractivity contribution in [2.24, 2.45) is 0 Å². The lowest BCUT2D eigenvalue weighted by atomic mass is 10.1. The first kappa shape index (κ1) is 12.3. The quantitative estimate of drug-likeness (QED) is 0.597. The predicted molar refractivity (Wildman–Crippen MR) is 58.6 cm³/mol. The molecule has 3 atom stereocenters. The van der Waals surface area contributed by atoms with E-state index in [1.165, 1.54) is 0 Å². The van der Waals surface area contributed by atoms with Crippen molar-refractivity contribution < 1.29 is 21.9 Å². The Balaban J connectivity index is 1.97. The Morgan fingerprint density at radius 2 is 1.69 bits per heavy atom.